The number of carbonyl (C=O) groups is 1. The number of rotatable bonds is 1. The molecule has 2 aromatic rings. The van der Waals surface area contributed by atoms with E-state index >= 15 is 0 Å². The third kappa shape index (κ3) is 2.33. The molecule has 0 saturated carbocycles. The van der Waals surface area contributed by atoms with Crippen LogP contribution < -0.4 is 0 Å². The first-order chi connectivity index (χ1) is 10.4. The summed E-state index contributed by atoms with van der Waals surface area (Å²) in [5, 5.41) is 14.1. The van der Waals surface area contributed by atoms with Crippen LogP contribution in [0.1, 0.15) is 25.6 Å². The van der Waals surface area contributed by atoms with Crippen molar-refractivity contribution in [3.8, 4) is 11.3 Å². The van der Waals surface area contributed by atoms with Gasteiger partial charge in [0.2, 0.25) is 0 Å². The molecule has 0 fully saturated rings. The second-order valence-corrected chi connectivity index (χ2v) is 5.91. The number of amides is 1. The van der Waals surface area contributed by atoms with Crippen LogP contribution in [0.4, 0.5) is 9.18 Å². The van der Waals surface area contributed by atoms with E-state index in [0.717, 1.165) is 5.69 Å². The molecule has 1 amide bonds. The lowest BCUT2D eigenvalue weighted by molar-refractivity contribution is 0.0836. The van der Waals surface area contributed by atoms with Gasteiger partial charge in [-0.1, -0.05) is 11.6 Å². The van der Waals surface area contributed by atoms with Crippen molar-refractivity contribution in [2.75, 3.05) is 0 Å². The molecule has 1 unspecified atom stereocenters. The average Bonchev–Trinajstić information content (AvgIpc) is 2.81. The number of hydrogen-bond acceptors (Lipinski definition) is 2. The maximum Gasteiger partial charge on any atom is 0.408 e. The molecule has 1 aromatic heterocycles. The summed E-state index contributed by atoms with van der Waals surface area (Å²) < 4.78 is 15.8. The monoisotopic (exact) mass is 323 g/mol. The summed E-state index contributed by atoms with van der Waals surface area (Å²) in [5.41, 5.74) is 1.59. The fourth-order valence-corrected chi connectivity index (χ4v) is 3.12. The molecule has 2 heterocycles. The van der Waals surface area contributed by atoms with E-state index in [9.17, 15) is 14.3 Å². The van der Waals surface area contributed by atoms with Gasteiger partial charge in [-0.3, -0.25) is 9.58 Å². The predicted octanol–water partition coefficient (Wildman–Crippen LogP) is 3.79. The van der Waals surface area contributed by atoms with Gasteiger partial charge in [0.15, 0.2) is 0 Å². The Bertz CT molecular complexity index is 746. The topological polar surface area (TPSA) is 58.4 Å². The maximum atomic E-state index is 14.0. The zero-order valence-corrected chi connectivity index (χ0v) is 12.9. The molecule has 3 rings (SSSR count). The highest BCUT2D eigenvalue weighted by Gasteiger charge is 2.34. The van der Waals surface area contributed by atoms with Crippen LogP contribution in [0, 0.1) is 5.82 Å². The van der Waals surface area contributed by atoms with Crippen LogP contribution in [-0.2, 0) is 6.54 Å². The van der Waals surface area contributed by atoms with Crippen molar-refractivity contribution < 1.29 is 14.3 Å². The van der Waals surface area contributed by atoms with Crippen molar-refractivity contribution >= 4 is 17.7 Å². The molecule has 1 aliphatic rings. The smallest absolute Gasteiger partial charge is 0.408 e. The number of aromatic nitrogens is 2. The van der Waals surface area contributed by atoms with Crippen LogP contribution in [0.3, 0.4) is 0 Å². The highest BCUT2D eigenvalue weighted by Crippen LogP contribution is 2.33. The average molecular weight is 324 g/mol. The van der Waals surface area contributed by atoms with Crippen LogP contribution in [-0.4, -0.2) is 31.9 Å². The van der Waals surface area contributed by atoms with Crippen LogP contribution in [0.5, 0.6) is 0 Å². The maximum absolute atomic E-state index is 14.0. The van der Waals surface area contributed by atoms with Gasteiger partial charge >= 0.3 is 6.09 Å². The number of carboxylic acid groups (broad SMARTS) is 1. The van der Waals surface area contributed by atoms with E-state index in [1.807, 2.05) is 6.92 Å². The van der Waals surface area contributed by atoms with Crippen molar-refractivity contribution in [3.05, 3.63) is 40.8 Å². The van der Waals surface area contributed by atoms with Crippen LogP contribution in [0.25, 0.3) is 11.3 Å². The summed E-state index contributed by atoms with van der Waals surface area (Å²) in [5.74, 6) is -0.446. The second kappa shape index (κ2) is 5.28. The molecular weight excluding hydrogens is 309 g/mol. The van der Waals surface area contributed by atoms with E-state index in [0.29, 0.717) is 22.8 Å². The van der Waals surface area contributed by atoms with Crippen molar-refractivity contribution in [1.82, 2.24) is 14.7 Å². The molecule has 0 radical (unpaired) electrons. The van der Waals surface area contributed by atoms with Gasteiger partial charge in [-0.2, -0.15) is 5.10 Å². The highest BCUT2D eigenvalue weighted by atomic mass is 35.5. The second-order valence-electron chi connectivity index (χ2n) is 5.48. The SMILES string of the molecule is CC1c2cc(-c3ccc(Cl)cc3F)nn2C[C@H](C)N1C(=O)O. The number of benzene rings is 1. The van der Waals surface area contributed by atoms with Gasteiger partial charge in [-0.15, -0.1) is 0 Å². The largest absolute Gasteiger partial charge is 0.465 e. The Kier molecular flexibility index (Phi) is 3.56. The molecule has 2 atom stereocenters. The Morgan fingerprint density at radius 2 is 2.14 bits per heavy atom. The third-order valence-electron chi connectivity index (χ3n) is 4.00. The standard InChI is InChI=1S/C15H15ClFN3O2/c1-8-7-19-14(9(2)20(8)15(21)22)6-13(18-19)11-4-3-10(16)5-12(11)17/h3-6,8-9H,7H2,1-2H3,(H,21,22)/t8-,9?/m0/s1. The van der Waals surface area contributed by atoms with Crippen molar-refractivity contribution in [3.63, 3.8) is 0 Å². The summed E-state index contributed by atoms with van der Waals surface area (Å²) >= 11 is 5.76. The van der Waals surface area contributed by atoms with E-state index in [4.69, 9.17) is 11.6 Å². The lowest BCUT2D eigenvalue weighted by atomic mass is 10.1. The van der Waals surface area contributed by atoms with Gasteiger partial charge in [0.1, 0.15) is 5.82 Å². The van der Waals surface area contributed by atoms with Crippen LogP contribution in [0.2, 0.25) is 5.02 Å². The van der Waals surface area contributed by atoms with Crippen molar-refractivity contribution in [2.24, 2.45) is 0 Å². The molecule has 0 spiro atoms. The Hall–Kier alpha value is -2.08. The Morgan fingerprint density at radius 1 is 1.41 bits per heavy atom. The van der Waals surface area contributed by atoms with E-state index in [-0.39, 0.29) is 12.1 Å². The van der Waals surface area contributed by atoms with Crippen molar-refractivity contribution in [1.29, 1.82) is 0 Å². The minimum absolute atomic E-state index is 0.192. The minimum Gasteiger partial charge on any atom is -0.465 e. The number of fused-ring (bicyclic) bond motifs is 1. The van der Waals surface area contributed by atoms with E-state index in [1.165, 1.54) is 11.0 Å². The Labute approximate surface area is 131 Å². The molecule has 5 nitrogen and oxygen atoms in total. The molecule has 0 bridgehead atoms. The zero-order valence-electron chi connectivity index (χ0n) is 12.1. The quantitative estimate of drug-likeness (QED) is 0.868. The molecule has 7 heteroatoms. The molecule has 22 heavy (non-hydrogen) atoms. The van der Waals surface area contributed by atoms with Gasteiger partial charge in [-0.05, 0) is 38.1 Å². The van der Waals surface area contributed by atoms with Gasteiger partial charge in [0.05, 0.1) is 30.0 Å². The fourth-order valence-electron chi connectivity index (χ4n) is 2.96. The molecule has 116 valence electrons. The first kappa shape index (κ1) is 14.8. The lowest BCUT2D eigenvalue weighted by Crippen LogP contribution is -2.46. The van der Waals surface area contributed by atoms with Gasteiger partial charge in [0, 0.05) is 10.6 Å². The normalized spacial score (nSPS) is 20.8. The van der Waals surface area contributed by atoms with E-state index in [2.05, 4.69) is 5.10 Å². The molecule has 0 saturated heterocycles. The zero-order chi connectivity index (χ0) is 16.0. The molecule has 1 aliphatic heterocycles. The number of nitrogens with zero attached hydrogens (tertiary/aromatic N) is 3. The minimum atomic E-state index is -0.966. The summed E-state index contributed by atoms with van der Waals surface area (Å²) in [6, 6.07) is 5.63. The lowest BCUT2D eigenvalue weighted by Gasteiger charge is -2.37. The first-order valence-corrected chi connectivity index (χ1v) is 7.30. The Balaban J connectivity index is 2.04. The molecule has 1 N–H and O–H groups in total. The van der Waals surface area contributed by atoms with E-state index in [1.54, 1.807) is 29.8 Å². The van der Waals surface area contributed by atoms with Crippen molar-refractivity contribution in [2.45, 2.75) is 32.5 Å². The van der Waals surface area contributed by atoms with Crippen LogP contribution in [0.15, 0.2) is 24.3 Å². The van der Waals surface area contributed by atoms with Gasteiger partial charge in [0.25, 0.3) is 0 Å². The van der Waals surface area contributed by atoms with Gasteiger partial charge in [-0.25, -0.2) is 9.18 Å². The Morgan fingerprint density at radius 3 is 2.77 bits per heavy atom. The third-order valence-corrected chi connectivity index (χ3v) is 4.23. The predicted molar refractivity (Wildman–Crippen MR) is 80.4 cm³/mol. The summed E-state index contributed by atoms with van der Waals surface area (Å²) in [7, 11) is 0. The molecule has 1 aromatic carbocycles. The number of halogens is 2. The number of hydrogen-bond donors (Lipinski definition) is 1. The highest BCUT2D eigenvalue weighted by molar-refractivity contribution is 6.30. The van der Waals surface area contributed by atoms with E-state index < -0.39 is 11.9 Å². The van der Waals surface area contributed by atoms with Gasteiger partial charge < -0.3 is 5.11 Å². The molecular formula is C15H15ClFN3O2. The molecule has 0 aliphatic carbocycles. The fraction of sp³-hybridized carbons (Fsp3) is 0.333. The summed E-state index contributed by atoms with van der Waals surface area (Å²) in [6.45, 7) is 4.08. The summed E-state index contributed by atoms with van der Waals surface area (Å²) in [6.07, 6.45) is -0.966. The van der Waals surface area contributed by atoms with Crippen LogP contribution >= 0.6 is 11.6 Å². The first-order valence-electron chi connectivity index (χ1n) is 6.93. The summed E-state index contributed by atoms with van der Waals surface area (Å²) in [4.78, 5) is 12.8.